The number of ether oxygens (including phenoxy) is 2. The number of carbonyl (C=O) groups excluding carboxylic acids is 1. The predicted molar refractivity (Wildman–Crippen MR) is 126 cm³/mol. The second-order valence-corrected chi connectivity index (χ2v) is 7.59. The molecule has 7 heteroatoms. The first-order valence-electron chi connectivity index (χ1n) is 10.6. The summed E-state index contributed by atoms with van der Waals surface area (Å²) in [5, 5.41) is 7.79. The molecule has 0 aliphatic carbocycles. The van der Waals surface area contributed by atoms with Gasteiger partial charge < -0.3 is 14.8 Å². The first-order valence-corrected chi connectivity index (χ1v) is 10.6. The van der Waals surface area contributed by atoms with Crippen LogP contribution in [0.2, 0.25) is 0 Å². The van der Waals surface area contributed by atoms with Crippen molar-refractivity contribution < 1.29 is 14.3 Å². The molecule has 0 radical (unpaired) electrons. The quantitative estimate of drug-likeness (QED) is 0.435. The van der Waals surface area contributed by atoms with Gasteiger partial charge in [-0.15, -0.1) is 0 Å². The van der Waals surface area contributed by atoms with Crippen molar-refractivity contribution in [1.82, 2.24) is 20.1 Å². The summed E-state index contributed by atoms with van der Waals surface area (Å²) in [5.41, 5.74) is 3.68. The zero-order chi connectivity index (χ0) is 23.2. The molecule has 2 aromatic heterocycles. The zero-order valence-electron chi connectivity index (χ0n) is 18.9. The number of nitrogens with zero attached hydrogens (tertiary/aromatic N) is 3. The summed E-state index contributed by atoms with van der Waals surface area (Å²) in [6.45, 7) is 2.45. The van der Waals surface area contributed by atoms with Crippen molar-refractivity contribution in [2.75, 3.05) is 14.2 Å². The first kappa shape index (κ1) is 22.1. The molecule has 0 saturated carbocycles. The molecule has 1 atom stereocenters. The maximum atomic E-state index is 13.3. The molecular weight excluding hydrogens is 416 g/mol. The Labute approximate surface area is 193 Å². The van der Waals surface area contributed by atoms with Crippen molar-refractivity contribution in [2.45, 2.75) is 19.5 Å². The van der Waals surface area contributed by atoms with E-state index in [-0.39, 0.29) is 11.9 Å². The fourth-order valence-electron chi connectivity index (χ4n) is 3.62. The standard InChI is InChI=1S/C26H26N4O3/c1-18(22-11-7-8-14-27-22)28-26(31)21-17-30(16-19-9-5-4-6-10-19)29-25(21)20-12-13-23(32-2)24(15-20)33-3/h4-15,17-18H,16H2,1-3H3,(H,28,31). The van der Waals surface area contributed by atoms with Crippen molar-refractivity contribution in [2.24, 2.45) is 0 Å². The van der Waals surface area contributed by atoms with E-state index in [2.05, 4.69) is 10.3 Å². The van der Waals surface area contributed by atoms with Crippen molar-refractivity contribution >= 4 is 5.91 Å². The Morgan fingerprint density at radius 1 is 1.00 bits per heavy atom. The molecule has 0 spiro atoms. The van der Waals surface area contributed by atoms with Gasteiger partial charge in [0.15, 0.2) is 11.5 Å². The van der Waals surface area contributed by atoms with E-state index in [1.165, 1.54) is 0 Å². The van der Waals surface area contributed by atoms with Crippen LogP contribution in [0.25, 0.3) is 11.3 Å². The summed E-state index contributed by atoms with van der Waals surface area (Å²) in [4.78, 5) is 17.7. The predicted octanol–water partition coefficient (Wildman–Crippen LogP) is 4.50. The highest BCUT2D eigenvalue weighted by atomic mass is 16.5. The molecule has 0 aliphatic rings. The fraction of sp³-hybridized carbons (Fsp3) is 0.192. The van der Waals surface area contributed by atoms with E-state index in [4.69, 9.17) is 14.6 Å². The van der Waals surface area contributed by atoms with Gasteiger partial charge in [0, 0.05) is 18.0 Å². The Bertz CT molecular complexity index is 1220. The third kappa shape index (κ3) is 5.03. The van der Waals surface area contributed by atoms with Gasteiger partial charge in [-0.1, -0.05) is 36.4 Å². The van der Waals surface area contributed by atoms with E-state index >= 15 is 0 Å². The topological polar surface area (TPSA) is 78.3 Å². The van der Waals surface area contributed by atoms with E-state index < -0.39 is 0 Å². The van der Waals surface area contributed by atoms with E-state index in [0.717, 1.165) is 16.8 Å². The lowest BCUT2D eigenvalue weighted by Crippen LogP contribution is -2.27. The number of amides is 1. The van der Waals surface area contributed by atoms with E-state index in [1.54, 1.807) is 31.3 Å². The molecular formula is C26H26N4O3. The number of pyridine rings is 1. The third-order valence-corrected chi connectivity index (χ3v) is 5.33. The molecule has 7 nitrogen and oxygen atoms in total. The molecule has 33 heavy (non-hydrogen) atoms. The van der Waals surface area contributed by atoms with Crippen LogP contribution in [0.5, 0.6) is 11.5 Å². The number of methoxy groups -OCH3 is 2. The number of rotatable bonds is 8. The fourth-order valence-corrected chi connectivity index (χ4v) is 3.62. The number of nitrogens with one attached hydrogen (secondary N) is 1. The van der Waals surface area contributed by atoms with Gasteiger partial charge in [-0.05, 0) is 42.8 Å². The molecule has 4 aromatic rings. The van der Waals surface area contributed by atoms with E-state index in [1.807, 2.05) is 73.7 Å². The van der Waals surface area contributed by atoms with Crippen LogP contribution < -0.4 is 14.8 Å². The molecule has 4 rings (SSSR count). The van der Waals surface area contributed by atoms with Crippen LogP contribution in [0.4, 0.5) is 0 Å². The monoisotopic (exact) mass is 442 g/mol. The summed E-state index contributed by atoms with van der Waals surface area (Å²) < 4.78 is 12.6. The minimum atomic E-state index is -0.255. The van der Waals surface area contributed by atoms with Crippen molar-refractivity contribution in [3.8, 4) is 22.8 Å². The van der Waals surface area contributed by atoms with Crippen LogP contribution in [0.3, 0.4) is 0 Å². The lowest BCUT2D eigenvalue weighted by atomic mass is 10.1. The Hall–Kier alpha value is -4.13. The van der Waals surface area contributed by atoms with Gasteiger partial charge in [-0.3, -0.25) is 14.5 Å². The van der Waals surface area contributed by atoms with Gasteiger partial charge in [-0.2, -0.15) is 5.10 Å². The number of benzene rings is 2. The molecule has 2 heterocycles. The molecule has 0 bridgehead atoms. The smallest absolute Gasteiger partial charge is 0.255 e. The molecule has 0 saturated heterocycles. The Morgan fingerprint density at radius 2 is 1.76 bits per heavy atom. The molecule has 1 amide bonds. The number of carbonyl (C=O) groups is 1. The molecule has 1 unspecified atom stereocenters. The molecule has 2 aromatic carbocycles. The maximum Gasteiger partial charge on any atom is 0.255 e. The Kier molecular flexibility index (Phi) is 6.69. The molecule has 1 N–H and O–H groups in total. The minimum Gasteiger partial charge on any atom is -0.493 e. The minimum absolute atomic E-state index is 0.225. The highest BCUT2D eigenvalue weighted by molar-refractivity contribution is 6.00. The van der Waals surface area contributed by atoms with Gasteiger partial charge in [0.05, 0.1) is 38.1 Å². The van der Waals surface area contributed by atoms with Crippen molar-refractivity contribution in [3.63, 3.8) is 0 Å². The summed E-state index contributed by atoms with van der Waals surface area (Å²) in [5.74, 6) is 0.956. The Morgan fingerprint density at radius 3 is 2.45 bits per heavy atom. The van der Waals surface area contributed by atoms with Crippen LogP contribution in [0.1, 0.15) is 34.6 Å². The van der Waals surface area contributed by atoms with Crippen LogP contribution in [0, 0.1) is 0 Å². The van der Waals surface area contributed by atoms with Gasteiger partial charge in [0.1, 0.15) is 5.69 Å². The van der Waals surface area contributed by atoms with Crippen molar-refractivity contribution in [1.29, 1.82) is 0 Å². The summed E-state index contributed by atoms with van der Waals surface area (Å²) in [7, 11) is 3.17. The molecule has 168 valence electrons. The SMILES string of the molecule is COc1ccc(-c2nn(Cc3ccccc3)cc2C(=O)NC(C)c2ccccn2)cc1OC. The lowest BCUT2D eigenvalue weighted by molar-refractivity contribution is 0.0939. The highest BCUT2D eigenvalue weighted by Crippen LogP contribution is 2.33. The Balaban J connectivity index is 1.70. The van der Waals surface area contributed by atoms with E-state index in [9.17, 15) is 4.79 Å². The first-order chi connectivity index (χ1) is 16.1. The zero-order valence-corrected chi connectivity index (χ0v) is 18.9. The summed E-state index contributed by atoms with van der Waals surface area (Å²) in [6.07, 6.45) is 3.49. The van der Waals surface area contributed by atoms with Crippen molar-refractivity contribution in [3.05, 3.63) is 95.9 Å². The summed E-state index contributed by atoms with van der Waals surface area (Å²) in [6, 6.07) is 20.9. The van der Waals surface area contributed by atoms with Gasteiger partial charge >= 0.3 is 0 Å². The second kappa shape index (κ2) is 9.99. The lowest BCUT2D eigenvalue weighted by Gasteiger charge is -2.13. The molecule has 0 fully saturated rings. The van der Waals surface area contributed by atoms with Crippen LogP contribution in [-0.2, 0) is 6.54 Å². The summed E-state index contributed by atoms with van der Waals surface area (Å²) >= 11 is 0. The number of hydrogen-bond donors (Lipinski definition) is 1. The normalized spacial score (nSPS) is 11.6. The van der Waals surface area contributed by atoms with E-state index in [0.29, 0.717) is 29.3 Å². The average molecular weight is 443 g/mol. The number of aromatic nitrogens is 3. The van der Waals surface area contributed by atoms with Gasteiger partial charge in [0.25, 0.3) is 5.91 Å². The van der Waals surface area contributed by atoms with Crippen LogP contribution in [0.15, 0.2) is 79.1 Å². The van der Waals surface area contributed by atoms with Crippen LogP contribution >= 0.6 is 0 Å². The second-order valence-electron chi connectivity index (χ2n) is 7.59. The van der Waals surface area contributed by atoms with Gasteiger partial charge in [-0.25, -0.2) is 0 Å². The largest absolute Gasteiger partial charge is 0.493 e. The third-order valence-electron chi connectivity index (χ3n) is 5.33. The van der Waals surface area contributed by atoms with Crippen LogP contribution in [-0.4, -0.2) is 34.9 Å². The van der Waals surface area contributed by atoms with Gasteiger partial charge in [0.2, 0.25) is 0 Å². The number of hydrogen-bond acceptors (Lipinski definition) is 5. The highest BCUT2D eigenvalue weighted by Gasteiger charge is 2.21. The molecule has 0 aliphatic heterocycles. The maximum absolute atomic E-state index is 13.3. The average Bonchev–Trinajstić information content (AvgIpc) is 3.28.